The van der Waals surface area contributed by atoms with Gasteiger partial charge < -0.3 is 11.1 Å². The molecule has 0 saturated carbocycles. The van der Waals surface area contributed by atoms with E-state index in [9.17, 15) is 4.21 Å². The molecule has 102 valence electrons. The van der Waals surface area contributed by atoms with Gasteiger partial charge in [0.2, 0.25) is 0 Å². The minimum atomic E-state index is -0.782. The normalized spacial score (nSPS) is 14.5. The molecule has 0 radical (unpaired) electrons. The van der Waals surface area contributed by atoms with Crippen LogP contribution < -0.4 is 11.1 Å². The Balaban J connectivity index is 2.59. The van der Waals surface area contributed by atoms with Gasteiger partial charge in [0.25, 0.3) is 0 Å². The summed E-state index contributed by atoms with van der Waals surface area (Å²) in [6.45, 7) is 6.77. The molecule has 2 atom stereocenters. The number of hydrogen-bond donors (Lipinski definition) is 2. The highest BCUT2D eigenvalue weighted by atomic mass is 32.2. The van der Waals surface area contributed by atoms with Gasteiger partial charge in [-0.1, -0.05) is 20.8 Å². The van der Waals surface area contributed by atoms with Gasteiger partial charge in [-0.15, -0.1) is 0 Å². The van der Waals surface area contributed by atoms with Crippen LogP contribution in [0.5, 0.6) is 0 Å². The number of nitrogen functional groups attached to an aromatic ring is 1. The highest BCUT2D eigenvalue weighted by Gasteiger charge is 2.08. The van der Waals surface area contributed by atoms with Gasteiger partial charge in [0.15, 0.2) is 0 Å². The van der Waals surface area contributed by atoms with E-state index in [4.69, 9.17) is 5.73 Å². The van der Waals surface area contributed by atoms with Gasteiger partial charge in [0, 0.05) is 40.8 Å². The van der Waals surface area contributed by atoms with Gasteiger partial charge in [-0.05, 0) is 6.42 Å². The summed E-state index contributed by atoms with van der Waals surface area (Å²) in [4.78, 5) is 8.58. The van der Waals surface area contributed by atoms with Gasteiger partial charge in [-0.2, -0.15) is 0 Å². The molecule has 0 aliphatic heterocycles. The number of anilines is 2. The lowest BCUT2D eigenvalue weighted by Crippen LogP contribution is -2.16. The minimum Gasteiger partial charge on any atom is -0.384 e. The van der Waals surface area contributed by atoms with Crippen molar-refractivity contribution < 1.29 is 4.21 Å². The third-order valence-corrected chi connectivity index (χ3v) is 4.07. The second-order valence-electron chi connectivity index (χ2n) is 4.72. The van der Waals surface area contributed by atoms with Gasteiger partial charge in [-0.3, -0.25) is 4.21 Å². The molecule has 1 rings (SSSR count). The number of nitrogens with one attached hydrogen (secondary N) is 1. The van der Waals surface area contributed by atoms with Crippen molar-refractivity contribution in [3.63, 3.8) is 0 Å². The van der Waals surface area contributed by atoms with Crippen molar-refractivity contribution in [2.24, 2.45) is 0 Å². The van der Waals surface area contributed by atoms with Crippen LogP contribution in [0, 0.1) is 0 Å². The summed E-state index contributed by atoms with van der Waals surface area (Å²) >= 11 is 0. The molecule has 18 heavy (non-hydrogen) atoms. The molecule has 0 bridgehead atoms. The standard InChI is InChI=1S/C12H22N4OS/c1-8(2)12-15-10(13)7-11(16-12)14-6-5-9(3)18(4)17/h7-9H,5-6H2,1-4H3,(H3,13,14,15,16). The average Bonchev–Trinajstić information content (AvgIpc) is 2.27. The summed E-state index contributed by atoms with van der Waals surface area (Å²) in [7, 11) is -0.782. The van der Waals surface area contributed by atoms with Crippen molar-refractivity contribution in [2.75, 3.05) is 23.9 Å². The molecule has 0 aliphatic rings. The lowest BCUT2D eigenvalue weighted by Gasteiger charge is -2.12. The second-order valence-corrected chi connectivity index (χ2v) is 6.52. The largest absolute Gasteiger partial charge is 0.384 e. The Kier molecular flexibility index (Phi) is 5.53. The van der Waals surface area contributed by atoms with E-state index in [1.54, 1.807) is 12.3 Å². The molecule has 0 amide bonds. The highest BCUT2D eigenvalue weighted by molar-refractivity contribution is 7.84. The summed E-state index contributed by atoms with van der Waals surface area (Å²) in [5.41, 5.74) is 5.74. The molecule has 2 unspecified atom stereocenters. The first-order chi connectivity index (χ1) is 8.40. The van der Waals surface area contributed by atoms with E-state index in [1.807, 2.05) is 20.8 Å². The number of rotatable bonds is 6. The summed E-state index contributed by atoms with van der Waals surface area (Å²) in [6, 6.07) is 1.72. The number of aromatic nitrogens is 2. The zero-order valence-corrected chi connectivity index (χ0v) is 12.3. The maximum atomic E-state index is 11.2. The van der Waals surface area contributed by atoms with Gasteiger partial charge in [0.1, 0.15) is 17.5 Å². The topological polar surface area (TPSA) is 80.9 Å². The highest BCUT2D eigenvalue weighted by Crippen LogP contribution is 2.15. The van der Waals surface area contributed by atoms with Gasteiger partial charge >= 0.3 is 0 Å². The first-order valence-corrected chi connectivity index (χ1v) is 7.72. The average molecular weight is 270 g/mol. The predicted octanol–water partition coefficient (Wildman–Crippen LogP) is 1.75. The molecule has 0 aromatic carbocycles. The summed E-state index contributed by atoms with van der Waals surface area (Å²) in [5, 5.41) is 3.38. The van der Waals surface area contributed by atoms with Crippen molar-refractivity contribution >= 4 is 22.4 Å². The molecular weight excluding hydrogens is 248 g/mol. The van der Waals surface area contributed by atoms with Crippen LogP contribution in [0.15, 0.2) is 6.07 Å². The van der Waals surface area contributed by atoms with Crippen LogP contribution in [0.3, 0.4) is 0 Å². The van der Waals surface area contributed by atoms with Crippen molar-refractivity contribution in [1.82, 2.24) is 9.97 Å². The SMILES string of the molecule is CC(C)c1nc(N)cc(NCCC(C)S(C)=O)n1. The van der Waals surface area contributed by atoms with Gasteiger partial charge in [0.05, 0.1) is 0 Å². The summed E-state index contributed by atoms with van der Waals surface area (Å²) < 4.78 is 11.2. The van der Waals surface area contributed by atoms with E-state index >= 15 is 0 Å². The molecule has 0 aliphatic carbocycles. The smallest absolute Gasteiger partial charge is 0.135 e. The lowest BCUT2D eigenvalue weighted by atomic mass is 10.2. The molecule has 0 fully saturated rings. The first-order valence-electron chi connectivity index (χ1n) is 6.10. The Labute approximate surface area is 111 Å². The van der Waals surface area contributed by atoms with E-state index < -0.39 is 10.8 Å². The van der Waals surface area contributed by atoms with Crippen molar-refractivity contribution in [2.45, 2.75) is 38.4 Å². The molecule has 0 saturated heterocycles. The molecular formula is C12H22N4OS. The number of nitrogens with zero attached hydrogens (tertiary/aromatic N) is 2. The summed E-state index contributed by atoms with van der Waals surface area (Å²) in [5.74, 6) is 2.20. The lowest BCUT2D eigenvalue weighted by molar-refractivity contribution is 0.672. The monoisotopic (exact) mass is 270 g/mol. The number of hydrogen-bond acceptors (Lipinski definition) is 5. The Morgan fingerprint density at radius 1 is 1.39 bits per heavy atom. The molecule has 6 heteroatoms. The maximum absolute atomic E-state index is 11.2. The van der Waals surface area contributed by atoms with E-state index in [2.05, 4.69) is 15.3 Å². The predicted molar refractivity (Wildman–Crippen MR) is 77.2 cm³/mol. The molecule has 1 aromatic heterocycles. The Hall–Kier alpha value is -1.17. The maximum Gasteiger partial charge on any atom is 0.135 e. The van der Waals surface area contributed by atoms with E-state index in [0.29, 0.717) is 5.82 Å². The van der Waals surface area contributed by atoms with Crippen molar-refractivity contribution in [1.29, 1.82) is 0 Å². The fourth-order valence-corrected chi connectivity index (χ4v) is 1.85. The zero-order chi connectivity index (χ0) is 13.7. The molecule has 1 heterocycles. The van der Waals surface area contributed by atoms with E-state index in [-0.39, 0.29) is 11.2 Å². The third kappa shape index (κ3) is 4.60. The van der Waals surface area contributed by atoms with Crippen LogP contribution in [-0.2, 0) is 10.8 Å². The van der Waals surface area contributed by atoms with Crippen LogP contribution in [0.2, 0.25) is 0 Å². The fraction of sp³-hybridized carbons (Fsp3) is 0.667. The second kappa shape index (κ2) is 6.68. The third-order valence-electron chi connectivity index (χ3n) is 2.70. The van der Waals surface area contributed by atoms with E-state index in [1.165, 1.54) is 0 Å². The molecule has 3 N–H and O–H groups in total. The molecule has 1 aromatic rings. The molecule has 0 spiro atoms. The number of nitrogens with two attached hydrogens (primary N) is 1. The zero-order valence-electron chi connectivity index (χ0n) is 11.4. The minimum absolute atomic E-state index is 0.182. The quantitative estimate of drug-likeness (QED) is 0.823. The molecule has 5 nitrogen and oxygen atoms in total. The fourth-order valence-electron chi connectivity index (χ4n) is 1.40. The van der Waals surface area contributed by atoms with Gasteiger partial charge in [-0.25, -0.2) is 9.97 Å². The Bertz CT molecular complexity index is 423. The Morgan fingerprint density at radius 3 is 2.61 bits per heavy atom. The van der Waals surface area contributed by atoms with Crippen LogP contribution in [0.4, 0.5) is 11.6 Å². The van der Waals surface area contributed by atoms with Crippen LogP contribution in [0.25, 0.3) is 0 Å². The van der Waals surface area contributed by atoms with Crippen molar-refractivity contribution in [3.8, 4) is 0 Å². The summed E-state index contributed by atoms with van der Waals surface area (Å²) in [6.07, 6.45) is 2.56. The first kappa shape index (κ1) is 14.9. The van der Waals surface area contributed by atoms with Crippen LogP contribution in [0.1, 0.15) is 38.9 Å². The van der Waals surface area contributed by atoms with Crippen LogP contribution in [-0.4, -0.2) is 32.2 Å². The van der Waals surface area contributed by atoms with Crippen LogP contribution >= 0.6 is 0 Å². The van der Waals surface area contributed by atoms with E-state index in [0.717, 1.165) is 24.6 Å². The Morgan fingerprint density at radius 2 is 2.06 bits per heavy atom. The van der Waals surface area contributed by atoms with Crippen molar-refractivity contribution in [3.05, 3.63) is 11.9 Å².